The van der Waals surface area contributed by atoms with Gasteiger partial charge in [-0.25, -0.2) is 0 Å². The topological polar surface area (TPSA) is 41.1 Å². The van der Waals surface area contributed by atoms with Crippen LogP contribution < -0.4 is 10.9 Å². The van der Waals surface area contributed by atoms with Gasteiger partial charge in [0.15, 0.2) is 0 Å². The van der Waals surface area contributed by atoms with Crippen molar-refractivity contribution < 1.29 is 4.79 Å². The van der Waals surface area contributed by atoms with E-state index < -0.39 is 0 Å². The van der Waals surface area contributed by atoms with E-state index in [1.54, 1.807) is 13.8 Å². The van der Waals surface area contributed by atoms with Crippen LogP contribution in [0.5, 0.6) is 0 Å². The molecule has 0 spiro atoms. The maximum atomic E-state index is 10.8. The molecule has 0 unspecified atom stereocenters. The van der Waals surface area contributed by atoms with Gasteiger partial charge in [-0.1, -0.05) is 25.4 Å². The van der Waals surface area contributed by atoms with Crippen molar-refractivity contribution in [3.8, 4) is 0 Å². The minimum Gasteiger partial charge on any atom is -0.305 e. The summed E-state index contributed by atoms with van der Waals surface area (Å²) < 4.78 is 0. The van der Waals surface area contributed by atoms with E-state index in [4.69, 9.17) is 11.6 Å². The summed E-state index contributed by atoms with van der Waals surface area (Å²) >= 11 is 5.17. The molecule has 0 aromatic rings. The van der Waals surface area contributed by atoms with E-state index in [-0.39, 0.29) is 11.8 Å². The maximum Gasteiger partial charge on any atom is 0.240 e. The third-order valence-corrected chi connectivity index (χ3v) is 0.992. The van der Waals surface area contributed by atoms with Gasteiger partial charge in [0.05, 0.1) is 0 Å². The predicted molar refractivity (Wildman–Crippen MR) is 41.1 cm³/mol. The number of halogens is 1. The van der Waals surface area contributed by atoms with Gasteiger partial charge in [0.2, 0.25) is 5.91 Å². The molecule has 0 radical (unpaired) electrons. The molecule has 2 N–H and O–H groups in total. The van der Waals surface area contributed by atoms with Gasteiger partial charge >= 0.3 is 0 Å². The van der Waals surface area contributed by atoms with E-state index in [0.29, 0.717) is 0 Å². The lowest BCUT2D eigenvalue weighted by atomic mass is 10.2. The van der Waals surface area contributed by atoms with Crippen molar-refractivity contribution in [3.05, 3.63) is 11.7 Å². The average Bonchev–Trinajstić information content (AvgIpc) is 1.88. The molecule has 58 valence electrons. The summed E-state index contributed by atoms with van der Waals surface area (Å²) in [6.07, 6.45) is 1.43. The first-order valence-corrected chi connectivity index (χ1v) is 3.42. The highest BCUT2D eigenvalue weighted by Crippen LogP contribution is 1.88. The van der Waals surface area contributed by atoms with Crippen molar-refractivity contribution in [2.75, 3.05) is 0 Å². The Morgan fingerprint density at radius 1 is 1.60 bits per heavy atom. The van der Waals surface area contributed by atoms with Crippen molar-refractivity contribution in [3.63, 3.8) is 0 Å². The Morgan fingerprint density at radius 3 is 2.60 bits per heavy atom. The first-order chi connectivity index (χ1) is 4.68. The van der Waals surface area contributed by atoms with Crippen LogP contribution in [-0.4, -0.2) is 5.91 Å². The van der Waals surface area contributed by atoms with Crippen LogP contribution in [0, 0.1) is 5.92 Å². The highest BCUT2D eigenvalue weighted by Gasteiger charge is 2.02. The molecule has 3 nitrogen and oxygen atoms in total. The quantitative estimate of drug-likeness (QED) is 0.608. The Bertz CT molecular complexity index is 134. The highest BCUT2D eigenvalue weighted by molar-refractivity contribution is 6.25. The molecule has 0 aromatic carbocycles. The molecule has 0 bridgehead atoms. The molecule has 0 atom stereocenters. The zero-order valence-corrected chi connectivity index (χ0v) is 6.77. The van der Waals surface area contributed by atoms with Crippen LogP contribution in [0.2, 0.25) is 0 Å². The van der Waals surface area contributed by atoms with Crippen molar-refractivity contribution in [1.82, 2.24) is 10.9 Å². The fraction of sp³-hybridized carbons (Fsp3) is 0.500. The number of hydrazine groups is 1. The van der Waals surface area contributed by atoms with E-state index >= 15 is 0 Å². The molecule has 10 heavy (non-hydrogen) atoms. The van der Waals surface area contributed by atoms with Crippen LogP contribution >= 0.6 is 11.6 Å². The zero-order valence-electron chi connectivity index (χ0n) is 6.02. The van der Waals surface area contributed by atoms with Crippen LogP contribution in [0.15, 0.2) is 11.7 Å². The Morgan fingerprint density at radius 2 is 2.20 bits per heavy atom. The first kappa shape index (κ1) is 9.30. The third-order valence-electron chi connectivity index (χ3n) is 0.866. The van der Waals surface area contributed by atoms with Gasteiger partial charge in [-0.05, 0) is 0 Å². The van der Waals surface area contributed by atoms with Crippen LogP contribution in [0.4, 0.5) is 0 Å². The molecule has 0 heterocycles. The molecule has 0 saturated heterocycles. The van der Waals surface area contributed by atoms with Crippen molar-refractivity contribution in [1.29, 1.82) is 0 Å². The molecule has 0 saturated carbocycles. The van der Waals surface area contributed by atoms with E-state index in [1.165, 1.54) is 11.7 Å². The van der Waals surface area contributed by atoms with Gasteiger partial charge in [0, 0.05) is 17.7 Å². The molecule has 4 heteroatoms. The van der Waals surface area contributed by atoms with E-state index in [1.807, 2.05) is 0 Å². The van der Waals surface area contributed by atoms with Crippen molar-refractivity contribution in [2.24, 2.45) is 5.92 Å². The fourth-order valence-electron chi connectivity index (χ4n) is 0.289. The molecule has 0 fully saturated rings. The number of hydrogen-bond acceptors (Lipinski definition) is 2. The van der Waals surface area contributed by atoms with Gasteiger partial charge < -0.3 is 5.43 Å². The molecule has 0 aliphatic heterocycles. The van der Waals surface area contributed by atoms with Gasteiger partial charge in [-0.3, -0.25) is 10.2 Å². The van der Waals surface area contributed by atoms with Gasteiger partial charge in [0.1, 0.15) is 0 Å². The number of carbonyl (C=O) groups is 1. The maximum absolute atomic E-state index is 10.8. The highest BCUT2D eigenvalue weighted by atomic mass is 35.5. The standard InChI is InChI=1S/C6H11ClN2O/c1-5(2)6(10)9-8-4-3-7/h3-5,8H,1-2H3,(H,9,10)/b4-3+. The number of rotatable bonds is 3. The van der Waals surface area contributed by atoms with Crippen molar-refractivity contribution in [2.45, 2.75) is 13.8 Å². The molecule has 0 rings (SSSR count). The number of carbonyl (C=O) groups excluding carboxylic acids is 1. The molecule has 1 amide bonds. The van der Waals surface area contributed by atoms with E-state index in [9.17, 15) is 4.79 Å². The first-order valence-electron chi connectivity index (χ1n) is 2.99. The Labute approximate surface area is 65.4 Å². The summed E-state index contributed by atoms with van der Waals surface area (Å²) in [7, 11) is 0. The average molecular weight is 163 g/mol. The van der Waals surface area contributed by atoms with E-state index in [0.717, 1.165) is 0 Å². The van der Waals surface area contributed by atoms with Crippen LogP contribution in [-0.2, 0) is 4.79 Å². The minimum atomic E-state index is -0.0604. The fourth-order valence-corrected chi connectivity index (χ4v) is 0.352. The summed E-state index contributed by atoms with van der Waals surface area (Å²) in [6.45, 7) is 3.61. The number of amides is 1. The zero-order chi connectivity index (χ0) is 7.98. The smallest absolute Gasteiger partial charge is 0.240 e. The third kappa shape index (κ3) is 4.21. The van der Waals surface area contributed by atoms with Gasteiger partial charge in [-0.2, -0.15) is 0 Å². The van der Waals surface area contributed by atoms with Gasteiger partial charge in [0.25, 0.3) is 0 Å². The lowest BCUT2D eigenvalue weighted by molar-refractivity contribution is -0.124. The van der Waals surface area contributed by atoms with Crippen LogP contribution in [0.3, 0.4) is 0 Å². The second-order valence-corrected chi connectivity index (χ2v) is 2.33. The summed E-state index contributed by atoms with van der Waals surface area (Å²) in [4.78, 5) is 10.8. The molecule has 0 aromatic heterocycles. The van der Waals surface area contributed by atoms with Crippen LogP contribution in [0.25, 0.3) is 0 Å². The number of nitrogens with one attached hydrogen (secondary N) is 2. The largest absolute Gasteiger partial charge is 0.305 e. The Balaban J connectivity index is 3.40. The molecule has 0 aliphatic carbocycles. The summed E-state index contributed by atoms with van der Waals surface area (Å²) in [5, 5.41) is 0. The summed E-state index contributed by atoms with van der Waals surface area (Å²) in [5.74, 6) is -0.0778. The van der Waals surface area contributed by atoms with Crippen LogP contribution in [0.1, 0.15) is 13.8 Å². The van der Waals surface area contributed by atoms with Crippen molar-refractivity contribution >= 4 is 17.5 Å². The Kier molecular flexibility index (Phi) is 4.76. The minimum absolute atomic E-state index is 0.0174. The summed E-state index contributed by atoms with van der Waals surface area (Å²) in [5.41, 5.74) is 6.21. The SMILES string of the molecule is CC(C)C(=O)NN/C=C/Cl. The van der Waals surface area contributed by atoms with E-state index in [2.05, 4.69) is 10.9 Å². The Hall–Kier alpha value is -0.700. The lowest BCUT2D eigenvalue weighted by Crippen LogP contribution is -2.36. The lowest BCUT2D eigenvalue weighted by Gasteiger charge is -2.05. The molecule has 0 aliphatic rings. The predicted octanol–water partition coefficient (Wildman–Crippen LogP) is 0.973. The normalized spacial score (nSPS) is 10.4. The second kappa shape index (κ2) is 5.11. The summed E-state index contributed by atoms with van der Waals surface area (Å²) in [6, 6.07) is 0. The molecular weight excluding hydrogens is 152 g/mol. The monoisotopic (exact) mass is 162 g/mol. The number of hydrogen-bond donors (Lipinski definition) is 2. The van der Waals surface area contributed by atoms with Gasteiger partial charge in [-0.15, -0.1) is 0 Å². The molecular formula is C6H11ClN2O. The second-order valence-electron chi connectivity index (χ2n) is 2.08.